The second-order valence-corrected chi connectivity index (χ2v) is 7.35. The summed E-state index contributed by atoms with van der Waals surface area (Å²) in [6.45, 7) is 1.17. The quantitative estimate of drug-likeness (QED) is 0.692. The number of hydrogen-bond acceptors (Lipinski definition) is 5. The summed E-state index contributed by atoms with van der Waals surface area (Å²) in [5.74, 6) is 0.171. The fraction of sp³-hybridized carbons (Fsp3) is 0.278. The third kappa shape index (κ3) is 5.85. The molecule has 0 aliphatic rings. The first-order chi connectivity index (χ1) is 12.4. The first-order valence-corrected chi connectivity index (χ1v) is 9.53. The zero-order chi connectivity index (χ0) is 19.2. The molecule has 0 saturated carbocycles. The van der Waals surface area contributed by atoms with Crippen LogP contribution in [0.1, 0.15) is 10.4 Å². The molecule has 0 fully saturated rings. The van der Waals surface area contributed by atoms with Crippen LogP contribution in [0.3, 0.4) is 0 Å². The Kier molecular flexibility index (Phi) is 8.55. The molecule has 2 N–H and O–H groups in total. The van der Waals surface area contributed by atoms with Crippen LogP contribution in [-0.4, -0.2) is 53.5 Å². The van der Waals surface area contributed by atoms with Gasteiger partial charge >= 0.3 is 0 Å². The number of nitrogens with zero attached hydrogens (tertiary/aromatic N) is 1. The first kappa shape index (κ1) is 22.8. The molecule has 7 nitrogen and oxygen atoms in total. The van der Waals surface area contributed by atoms with E-state index < -0.39 is 10.0 Å². The lowest BCUT2D eigenvalue weighted by atomic mass is 10.2. The lowest BCUT2D eigenvalue weighted by Crippen LogP contribution is -2.32. The van der Waals surface area contributed by atoms with Gasteiger partial charge < -0.3 is 15.0 Å². The average Bonchev–Trinajstić information content (AvgIpc) is 2.65. The second-order valence-electron chi connectivity index (χ2n) is 5.66. The van der Waals surface area contributed by atoms with Crippen LogP contribution >= 0.6 is 12.4 Å². The highest BCUT2D eigenvalue weighted by Gasteiger charge is 2.19. The molecule has 27 heavy (non-hydrogen) atoms. The van der Waals surface area contributed by atoms with E-state index in [1.54, 1.807) is 50.5 Å². The van der Waals surface area contributed by atoms with Crippen LogP contribution in [0, 0.1) is 0 Å². The lowest BCUT2D eigenvalue weighted by Gasteiger charge is -2.17. The summed E-state index contributed by atoms with van der Waals surface area (Å²) in [5, 5.41) is 2.97. The molecule has 0 radical (unpaired) electrons. The number of carbonyl (C=O) groups is 1. The predicted molar refractivity (Wildman–Crippen MR) is 108 cm³/mol. The van der Waals surface area contributed by atoms with Crippen LogP contribution in [0.4, 0.5) is 5.69 Å². The number of anilines is 1. The zero-order valence-electron chi connectivity index (χ0n) is 15.4. The van der Waals surface area contributed by atoms with Gasteiger partial charge in [0.15, 0.2) is 0 Å². The van der Waals surface area contributed by atoms with Gasteiger partial charge in [0.25, 0.3) is 15.9 Å². The maximum Gasteiger partial charge on any atom is 0.262 e. The number of amides is 1. The van der Waals surface area contributed by atoms with E-state index in [9.17, 15) is 13.2 Å². The molecule has 0 bridgehead atoms. The van der Waals surface area contributed by atoms with E-state index in [1.165, 1.54) is 24.1 Å². The number of likely N-dealkylation sites (N-methyl/N-ethyl adjacent to an activating group) is 2. The first-order valence-electron chi connectivity index (χ1n) is 8.05. The molecule has 0 aromatic heterocycles. The van der Waals surface area contributed by atoms with Crippen LogP contribution in [0.2, 0.25) is 0 Å². The molecule has 0 saturated heterocycles. The topological polar surface area (TPSA) is 87.7 Å². The maximum absolute atomic E-state index is 12.7. The minimum atomic E-state index is -3.86. The van der Waals surface area contributed by atoms with Crippen molar-refractivity contribution in [3.05, 3.63) is 54.1 Å². The molecule has 9 heteroatoms. The Morgan fingerprint density at radius 3 is 2.52 bits per heavy atom. The highest BCUT2D eigenvalue weighted by molar-refractivity contribution is 7.92. The number of rotatable bonds is 8. The van der Waals surface area contributed by atoms with Gasteiger partial charge in [0, 0.05) is 25.7 Å². The number of carbonyl (C=O) groups excluding carboxylic acids is 1. The van der Waals surface area contributed by atoms with E-state index in [0.717, 1.165) is 0 Å². The number of halogens is 1. The van der Waals surface area contributed by atoms with Crippen LogP contribution in [0.15, 0.2) is 53.4 Å². The number of para-hydroxylation sites is 2. The molecular formula is C18H24ClN3O4S. The van der Waals surface area contributed by atoms with Crippen molar-refractivity contribution in [1.82, 2.24) is 10.2 Å². The van der Waals surface area contributed by atoms with Gasteiger partial charge in [0.05, 0.1) is 17.7 Å². The van der Waals surface area contributed by atoms with E-state index in [2.05, 4.69) is 10.0 Å². The SMILES string of the molecule is CNCCN(C)C(=O)c1cccc(S(=O)(=O)Nc2ccccc2OC)c1.Cl. The van der Waals surface area contributed by atoms with Crippen LogP contribution in [0.25, 0.3) is 0 Å². The van der Waals surface area contributed by atoms with Crippen molar-refractivity contribution in [2.45, 2.75) is 4.90 Å². The molecular weight excluding hydrogens is 390 g/mol. The van der Waals surface area contributed by atoms with Gasteiger partial charge in [-0.2, -0.15) is 0 Å². The minimum absolute atomic E-state index is 0. The highest BCUT2D eigenvalue weighted by atomic mass is 35.5. The van der Waals surface area contributed by atoms with E-state index >= 15 is 0 Å². The molecule has 0 aliphatic carbocycles. The second kappa shape index (κ2) is 10.1. The number of hydrogen-bond donors (Lipinski definition) is 2. The van der Waals surface area contributed by atoms with Gasteiger partial charge in [0.2, 0.25) is 0 Å². The Morgan fingerprint density at radius 2 is 1.85 bits per heavy atom. The lowest BCUT2D eigenvalue weighted by molar-refractivity contribution is 0.0796. The van der Waals surface area contributed by atoms with Gasteiger partial charge in [-0.15, -0.1) is 12.4 Å². The van der Waals surface area contributed by atoms with Gasteiger partial charge in [-0.05, 0) is 37.4 Å². The summed E-state index contributed by atoms with van der Waals surface area (Å²) in [7, 11) is 1.08. The third-order valence-corrected chi connectivity index (χ3v) is 5.15. The van der Waals surface area contributed by atoms with Gasteiger partial charge in [-0.1, -0.05) is 18.2 Å². The number of methoxy groups -OCH3 is 1. The Morgan fingerprint density at radius 1 is 1.15 bits per heavy atom. The molecule has 148 valence electrons. The van der Waals surface area contributed by atoms with Gasteiger partial charge in [-0.25, -0.2) is 8.42 Å². The molecule has 0 heterocycles. The normalized spacial score (nSPS) is 10.6. The molecule has 2 rings (SSSR count). The molecule has 0 spiro atoms. The fourth-order valence-electron chi connectivity index (χ4n) is 2.33. The van der Waals surface area contributed by atoms with Crippen molar-refractivity contribution in [3.8, 4) is 5.75 Å². The summed E-state index contributed by atoms with van der Waals surface area (Å²) in [6.07, 6.45) is 0. The third-order valence-electron chi connectivity index (χ3n) is 3.79. The minimum Gasteiger partial charge on any atom is -0.495 e. The van der Waals surface area contributed by atoms with Crippen molar-refractivity contribution in [2.75, 3.05) is 39.0 Å². The standard InChI is InChI=1S/C18H23N3O4S.ClH/c1-19-11-12-21(2)18(22)14-7-6-8-15(13-14)26(23,24)20-16-9-4-5-10-17(16)25-3;/h4-10,13,19-20H,11-12H2,1-3H3;1H. The van der Waals surface area contributed by atoms with Gasteiger partial charge in [-0.3, -0.25) is 9.52 Å². The molecule has 2 aromatic rings. The molecule has 0 aliphatic heterocycles. The summed E-state index contributed by atoms with van der Waals surface area (Å²) in [5.41, 5.74) is 0.643. The van der Waals surface area contributed by atoms with Crippen LogP contribution in [0.5, 0.6) is 5.75 Å². The van der Waals surface area contributed by atoms with Crippen LogP contribution < -0.4 is 14.8 Å². The molecule has 1 amide bonds. The zero-order valence-corrected chi connectivity index (χ0v) is 17.1. The Bertz CT molecular complexity index is 874. The fourth-order valence-corrected chi connectivity index (χ4v) is 3.45. The van der Waals surface area contributed by atoms with Crippen LogP contribution in [-0.2, 0) is 10.0 Å². The van der Waals surface area contributed by atoms with E-state index in [-0.39, 0.29) is 23.2 Å². The average molecular weight is 414 g/mol. The Hall–Kier alpha value is -2.29. The summed E-state index contributed by atoms with van der Waals surface area (Å²) >= 11 is 0. The van der Waals surface area contributed by atoms with E-state index in [4.69, 9.17) is 4.74 Å². The monoisotopic (exact) mass is 413 g/mol. The summed E-state index contributed by atoms with van der Waals surface area (Å²) < 4.78 is 33.0. The number of ether oxygens (including phenoxy) is 1. The van der Waals surface area contributed by atoms with Gasteiger partial charge in [0.1, 0.15) is 5.75 Å². The molecule has 0 unspecified atom stereocenters. The number of benzene rings is 2. The summed E-state index contributed by atoms with van der Waals surface area (Å²) in [4.78, 5) is 14.0. The molecule has 0 atom stereocenters. The van der Waals surface area contributed by atoms with Crippen molar-refractivity contribution >= 4 is 34.0 Å². The Balaban J connectivity index is 0.00000364. The van der Waals surface area contributed by atoms with E-state index in [0.29, 0.717) is 30.1 Å². The van der Waals surface area contributed by atoms with E-state index in [1.807, 2.05) is 0 Å². The number of sulfonamides is 1. The number of nitrogens with one attached hydrogen (secondary N) is 2. The van der Waals surface area contributed by atoms with Crippen molar-refractivity contribution in [2.24, 2.45) is 0 Å². The predicted octanol–water partition coefficient (Wildman–Crippen LogP) is 2.21. The van der Waals surface area contributed by atoms with Crippen molar-refractivity contribution < 1.29 is 17.9 Å². The largest absolute Gasteiger partial charge is 0.495 e. The van der Waals surface area contributed by atoms with Crippen molar-refractivity contribution in [1.29, 1.82) is 0 Å². The highest BCUT2D eigenvalue weighted by Crippen LogP contribution is 2.26. The summed E-state index contributed by atoms with van der Waals surface area (Å²) in [6, 6.07) is 12.7. The molecule has 2 aromatic carbocycles. The van der Waals surface area contributed by atoms with Crippen molar-refractivity contribution in [3.63, 3.8) is 0 Å². The Labute approximate surface area is 166 Å². The maximum atomic E-state index is 12.7. The smallest absolute Gasteiger partial charge is 0.262 e.